The normalized spacial score (nSPS) is 10.4. The summed E-state index contributed by atoms with van der Waals surface area (Å²) < 4.78 is 0. The van der Waals surface area contributed by atoms with E-state index in [1.807, 2.05) is 0 Å². The van der Waals surface area contributed by atoms with Gasteiger partial charge in [0.2, 0.25) is 6.08 Å². The fraction of sp³-hybridized carbons (Fsp3) is 0.714. The van der Waals surface area contributed by atoms with Gasteiger partial charge in [0, 0.05) is 0 Å². The zero-order valence-electron chi connectivity index (χ0n) is 6.63. The number of aliphatic carboxylic acids is 1. The van der Waals surface area contributed by atoms with Crippen LogP contribution in [-0.2, 0) is 9.59 Å². The van der Waals surface area contributed by atoms with Gasteiger partial charge in [-0.2, -0.15) is 0 Å². The Morgan fingerprint density at radius 1 is 1.64 bits per heavy atom. The maximum Gasteiger partial charge on any atom is 0.309 e. The van der Waals surface area contributed by atoms with Crippen LogP contribution in [0.25, 0.3) is 0 Å². The molecule has 0 aliphatic heterocycles. The van der Waals surface area contributed by atoms with Crippen LogP contribution in [0.1, 0.15) is 20.3 Å². The molecule has 0 aromatic rings. The third-order valence-electron chi connectivity index (χ3n) is 1.49. The maximum absolute atomic E-state index is 10.5. The number of hydrogen-bond donors (Lipinski definition) is 1. The highest BCUT2D eigenvalue weighted by Gasteiger charge is 2.25. The second-order valence-electron chi connectivity index (χ2n) is 2.91. The average molecular weight is 157 g/mol. The Bertz CT molecular complexity index is 192. The van der Waals surface area contributed by atoms with Gasteiger partial charge in [0.25, 0.3) is 0 Å². The van der Waals surface area contributed by atoms with Gasteiger partial charge in [0.15, 0.2) is 0 Å². The summed E-state index contributed by atoms with van der Waals surface area (Å²) in [6.07, 6.45) is 1.72. The molecule has 0 radical (unpaired) electrons. The quantitative estimate of drug-likeness (QED) is 0.485. The van der Waals surface area contributed by atoms with E-state index in [1.165, 1.54) is 6.08 Å². The van der Waals surface area contributed by atoms with Crippen LogP contribution in [0.3, 0.4) is 0 Å². The molecule has 62 valence electrons. The van der Waals surface area contributed by atoms with Crippen molar-refractivity contribution in [2.75, 3.05) is 6.54 Å². The lowest BCUT2D eigenvalue weighted by Gasteiger charge is -2.16. The van der Waals surface area contributed by atoms with Crippen LogP contribution >= 0.6 is 0 Å². The standard InChI is InChI=1S/C7H11NO3/c1-7(2,6(10)11)3-4-8-5-9/h3-4H2,1-2H3,(H,10,11). The molecule has 0 atom stereocenters. The summed E-state index contributed by atoms with van der Waals surface area (Å²) in [4.78, 5) is 23.4. The first kappa shape index (κ1) is 9.85. The number of carboxylic acids is 1. The molecule has 0 aromatic heterocycles. The lowest BCUT2D eigenvalue weighted by atomic mass is 9.90. The minimum absolute atomic E-state index is 0.225. The monoisotopic (exact) mass is 157 g/mol. The summed E-state index contributed by atoms with van der Waals surface area (Å²) in [7, 11) is 0. The van der Waals surface area contributed by atoms with Gasteiger partial charge >= 0.3 is 5.97 Å². The van der Waals surface area contributed by atoms with E-state index in [1.54, 1.807) is 13.8 Å². The van der Waals surface area contributed by atoms with Gasteiger partial charge in [-0.1, -0.05) is 0 Å². The van der Waals surface area contributed by atoms with Gasteiger partial charge in [0.1, 0.15) is 0 Å². The highest BCUT2D eigenvalue weighted by molar-refractivity contribution is 5.73. The minimum Gasteiger partial charge on any atom is -0.481 e. The minimum atomic E-state index is -0.876. The first-order valence-electron chi connectivity index (χ1n) is 3.28. The van der Waals surface area contributed by atoms with E-state index in [0.29, 0.717) is 6.42 Å². The number of nitrogens with zero attached hydrogens (tertiary/aromatic N) is 1. The van der Waals surface area contributed by atoms with E-state index >= 15 is 0 Å². The van der Waals surface area contributed by atoms with Crippen molar-refractivity contribution in [3.63, 3.8) is 0 Å². The number of carbonyl (C=O) groups excluding carboxylic acids is 1. The second-order valence-corrected chi connectivity index (χ2v) is 2.91. The number of carbonyl (C=O) groups is 1. The smallest absolute Gasteiger partial charge is 0.309 e. The molecule has 0 spiro atoms. The molecule has 0 saturated heterocycles. The van der Waals surface area contributed by atoms with Gasteiger partial charge in [0.05, 0.1) is 12.0 Å². The molecule has 1 N–H and O–H groups in total. The molecule has 4 heteroatoms. The molecule has 0 rings (SSSR count). The van der Waals surface area contributed by atoms with Gasteiger partial charge in [-0.3, -0.25) is 4.79 Å². The summed E-state index contributed by atoms with van der Waals surface area (Å²) in [6.45, 7) is 3.41. The first-order valence-corrected chi connectivity index (χ1v) is 3.28. The number of isocyanates is 1. The van der Waals surface area contributed by atoms with Crippen LogP contribution in [0.2, 0.25) is 0 Å². The zero-order valence-corrected chi connectivity index (χ0v) is 6.63. The molecule has 0 aliphatic rings. The molecule has 0 unspecified atom stereocenters. The summed E-state index contributed by atoms with van der Waals surface area (Å²) in [6, 6.07) is 0. The van der Waals surface area contributed by atoms with Crippen LogP contribution in [-0.4, -0.2) is 23.7 Å². The Morgan fingerprint density at radius 2 is 2.18 bits per heavy atom. The maximum atomic E-state index is 10.5. The van der Waals surface area contributed by atoms with Crippen LogP contribution < -0.4 is 0 Å². The Hall–Kier alpha value is -1.15. The number of hydrogen-bond acceptors (Lipinski definition) is 3. The van der Waals surface area contributed by atoms with E-state index in [0.717, 1.165) is 0 Å². The van der Waals surface area contributed by atoms with Crippen molar-refractivity contribution in [1.29, 1.82) is 0 Å². The van der Waals surface area contributed by atoms with E-state index < -0.39 is 11.4 Å². The van der Waals surface area contributed by atoms with Crippen LogP contribution in [0.4, 0.5) is 0 Å². The molecular formula is C7H11NO3. The molecular weight excluding hydrogens is 146 g/mol. The largest absolute Gasteiger partial charge is 0.481 e. The summed E-state index contributed by atoms with van der Waals surface area (Å²) in [5.41, 5.74) is -0.805. The highest BCUT2D eigenvalue weighted by Crippen LogP contribution is 2.19. The third-order valence-corrected chi connectivity index (χ3v) is 1.49. The van der Waals surface area contributed by atoms with E-state index in [2.05, 4.69) is 4.99 Å². The zero-order chi connectivity index (χ0) is 8.91. The van der Waals surface area contributed by atoms with Crippen LogP contribution in [0.5, 0.6) is 0 Å². The van der Waals surface area contributed by atoms with Crippen molar-refractivity contribution in [1.82, 2.24) is 0 Å². The van der Waals surface area contributed by atoms with E-state index in [4.69, 9.17) is 5.11 Å². The Balaban J connectivity index is 3.92. The summed E-state index contributed by atoms with van der Waals surface area (Å²) in [5, 5.41) is 8.60. The number of aliphatic imine (C=N–C) groups is 1. The topological polar surface area (TPSA) is 66.7 Å². The van der Waals surface area contributed by atoms with Crippen molar-refractivity contribution in [2.24, 2.45) is 10.4 Å². The fourth-order valence-electron chi connectivity index (χ4n) is 0.488. The molecule has 11 heavy (non-hydrogen) atoms. The molecule has 0 bridgehead atoms. The molecule has 0 fully saturated rings. The summed E-state index contributed by atoms with van der Waals surface area (Å²) >= 11 is 0. The van der Waals surface area contributed by atoms with Crippen molar-refractivity contribution in [3.8, 4) is 0 Å². The molecule has 0 aliphatic carbocycles. The van der Waals surface area contributed by atoms with Gasteiger partial charge in [-0.05, 0) is 20.3 Å². The third kappa shape index (κ3) is 3.53. The second kappa shape index (κ2) is 3.88. The van der Waals surface area contributed by atoms with Crippen molar-refractivity contribution < 1.29 is 14.7 Å². The van der Waals surface area contributed by atoms with Crippen molar-refractivity contribution >= 4 is 12.0 Å². The first-order chi connectivity index (χ1) is 5.00. The molecule has 0 saturated carbocycles. The molecule has 4 nitrogen and oxygen atoms in total. The highest BCUT2D eigenvalue weighted by atomic mass is 16.4. The van der Waals surface area contributed by atoms with Crippen LogP contribution in [0, 0.1) is 5.41 Å². The number of rotatable bonds is 4. The molecule has 0 heterocycles. The van der Waals surface area contributed by atoms with Gasteiger partial charge in [-0.15, -0.1) is 0 Å². The number of carboxylic acid groups (broad SMARTS) is 1. The molecule has 0 aromatic carbocycles. The summed E-state index contributed by atoms with van der Waals surface area (Å²) in [5.74, 6) is -0.876. The Morgan fingerprint density at radius 3 is 2.55 bits per heavy atom. The Kier molecular flexibility index (Phi) is 3.48. The Labute approximate surface area is 64.9 Å². The lowest BCUT2D eigenvalue weighted by molar-refractivity contribution is -0.147. The predicted octanol–water partition coefficient (Wildman–Crippen LogP) is 0.823. The lowest BCUT2D eigenvalue weighted by Crippen LogP contribution is -2.24. The van der Waals surface area contributed by atoms with E-state index in [-0.39, 0.29) is 6.54 Å². The predicted molar refractivity (Wildman–Crippen MR) is 39.0 cm³/mol. The van der Waals surface area contributed by atoms with Gasteiger partial charge in [-0.25, -0.2) is 9.79 Å². The van der Waals surface area contributed by atoms with Gasteiger partial charge < -0.3 is 5.11 Å². The average Bonchev–Trinajstić information content (AvgIpc) is 1.88. The molecule has 0 amide bonds. The van der Waals surface area contributed by atoms with E-state index in [9.17, 15) is 9.59 Å². The van der Waals surface area contributed by atoms with Crippen molar-refractivity contribution in [3.05, 3.63) is 0 Å². The van der Waals surface area contributed by atoms with Crippen molar-refractivity contribution in [2.45, 2.75) is 20.3 Å². The van der Waals surface area contributed by atoms with Crippen LogP contribution in [0.15, 0.2) is 4.99 Å². The SMILES string of the molecule is CC(C)(CCN=C=O)C(=O)O. The fourth-order valence-corrected chi connectivity index (χ4v) is 0.488.